The molecule has 0 amide bonds. The van der Waals surface area contributed by atoms with E-state index < -0.39 is 10.0 Å². The molecule has 0 aliphatic rings. The Morgan fingerprint density at radius 3 is 2.81 bits per heavy atom. The Kier molecular flexibility index (Phi) is 4.58. The van der Waals surface area contributed by atoms with Crippen LogP contribution in [0.2, 0.25) is 0 Å². The second kappa shape index (κ2) is 6.39. The Morgan fingerprint density at radius 2 is 2.10 bits per heavy atom. The first-order valence-corrected chi connectivity index (χ1v) is 7.74. The number of hydrogen-bond acceptors (Lipinski definition) is 4. The number of nitrogens with one attached hydrogen (secondary N) is 1. The van der Waals surface area contributed by atoms with E-state index in [0.29, 0.717) is 11.3 Å². The second-order valence-electron chi connectivity index (χ2n) is 4.33. The van der Waals surface area contributed by atoms with Gasteiger partial charge in [0.2, 0.25) is 0 Å². The molecule has 0 aliphatic heterocycles. The van der Waals surface area contributed by atoms with Crippen molar-refractivity contribution in [1.82, 2.24) is 4.98 Å². The number of benzene rings is 1. The minimum atomic E-state index is -3.65. The van der Waals surface area contributed by atoms with Crippen molar-refractivity contribution < 1.29 is 8.42 Å². The van der Waals surface area contributed by atoms with Gasteiger partial charge < -0.3 is 5.73 Å². The molecule has 2 aromatic rings. The molecule has 0 unspecified atom stereocenters. The number of hydrogen-bond donors (Lipinski definition) is 2. The Bertz CT molecular complexity index is 805. The number of nitrogens with two attached hydrogens (primary N) is 1. The van der Waals surface area contributed by atoms with Crippen molar-refractivity contribution in [2.45, 2.75) is 11.8 Å². The fourth-order valence-electron chi connectivity index (χ4n) is 1.72. The smallest absolute Gasteiger partial charge is 0.261 e. The molecule has 0 saturated heterocycles. The predicted octanol–water partition coefficient (Wildman–Crippen LogP) is 1.50. The van der Waals surface area contributed by atoms with E-state index >= 15 is 0 Å². The SMILES string of the molecule is Cc1cc(NS(=O)(=O)c2cccc(C#CCN)c2)ccn1. The number of pyridine rings is 1. The van der Waals surface area contributed by atoms with Gasteiger partial charge in [0.15, 0.2) is 0 Å². The zero-order chi connectivity index (χ0) is 15.3. The summed E-state index contributed by atoms with van der Waals surface area (Å²) in [7, 11) is -3.65. The quantitative estimate of drug-likeness (QED) is 0.841. The lowest BCUT2D eigenvalue weighted by molar-refractivity contribution is 0.601. The van der Waals surface area contributed by atoms with E-state index in [1.165, 1.54) is 12.1 Å². The van der Waals surface area contributed by atoms with E-state index in [1.54, 1.807) is 37.4 Å². The van der Waals surface area contributed by atoms with Crippen LogP contribution in [-0.2, 0) is 10.0 Å². The molecular weight excluding hydrogens is 286 g/mol. The molecule has 21 heavy (non-hydrogen) atoms. The number of aryl methyl sites for hydroxylation is 1. The van der Waals surface area contributed by atoms with Gasteiger partial charge in [-0.25, -0.2) is 8.42 Å². The Labute approximate surface area is 124 Å². The van der Waals surface area contributed by atoms with Gasteiger partial charge in [-0.3, -0.25) is 9.71 Å². The van der Waals surface area contributed by atoms with Crippen molar-refractivity contribution in [3.8, 4) is 11.8 Å². The van der Waals surface area contributed by atoms with Gasteiger partial charge in [0.25, 0.3) is 10.0 Å². The second-order valence-corrected chi connectivity index (χ2v) is 6.01. The minimum absolute atomic E-state index is 0.154. The average molecular weight is 301 g/mol. The number of aromatic nitrogens is 1. The third kappa shape index (κ3) is 4.05. The molecule has 2 rings (SSSR count). The molecule has 6 heteroatoms. The first kappa shape index (κ1) is 15.0. The van der Waals surface area contributed by atoms with Crippen LogP contribution in [0, 0.1) is 18.8 Å². The van der Waals surface area contributed by atoms with Crippen molar-refractivity contribution in [2.24, 2.45) is 5.73 Å². The third-order valence-corrected chi connectivity index (χ3v) is 4.01. The summed E-state index contributed by atoms with van der Waals surface area (Å²) in [6.07, 6.45) is 1.55. The molecule has 0 fully saturated rings. The van der Waals surface area contributed by atoms with Crippen molar-refractivity contribution in [3.05, 3.63) is 53.9 Å². The minimum Gasteiger partial charge on any atom is -0.320 e. The molecule has 0 radical (unpaired) electrons. The summed E-state index contributed by atoms with van der Waals surface area (Å²) in [5.41, 5.74) is 7.12. The van der Waals surface area contributed by atoms with Gasteiger partial charge in [0, 0.05) is 17.5 Å². The summed E-state index contributed by atoms with van der Waals surface area (Å²) in [5, 5.41) is 0. The van der Waals surface area contributed by atoms with Crippen molar-refractivity contribution >= 4 is 15.7 Å². The number of rotatable bonds is 3. The predicted molar refractivity (Wildman–Crippen MR) is 82.2 cm³/mol. The van der Waals surface area contributed by atoms with Gasteiger partial charge in [0.1, 0.15) is 0 Å². The zero-order valence-corrected chi connectivity index (χ0v) is 12.3. The van der Waals surface area contributed by atoms with E-state index in [1.807, 2.05) is 0 Å². The van der Waals surface area contributed by atoms with E-state index in [-0.39, 0.29) is 11.4 Å². The van der Waals surface area contributed by atoms with Crippen molar-refractivity contribution in [1.29, 1.82) is 0 Å². The van der Waals surface area contributed by atoms with E-state index in [2.05, 4.69) is 21.5 Å². The highest BCUT2D eigenvalue weighted by Gasteiger charge is 2.14. The van der Waals surface area contributed by atoms with Crippen LogP contribution in [0.5, 0.6) is 0 Å². The van der Waals surface area contributed by atoms with Gasteiger partial charge in [-0.15, -0.1) is 0 Å². The van der Waals surface area contributed by atoms with Gasteiger partial charge >= 0.3 is 0 Å². The molecule has 1 aromatic carbocycles. The van der Waals surface area contributed by atoms with E-state index in [9.17, 15) is 8.42 Å². The van der Waals surface area contributed by atoms with Crippen molar-refractivity contribution in [3.63, 3.8) is 0 Å². The first-order valence-electron chi connectivity index (χ1n) is 6.26. The molecule has 5 nitrogen and oxygen atoms in total. The van der Waals surface area contributed by atoms with Crippen LogP contribution < -0.4 is 10.5 Å². The standard InChI is InChI=1S/C15H15N3O2S/c1-12-10-14(7-9-17-12)18-21(19,20)15-6-2-4-13(11-15)5-3-8-16/h2,4,6-7,9-11H,8,16H2,1H3,(H,17,18). The average Bonchev–Trinajstić information content (AvgIpc) is 2.45. The van der Waals surface area contributed by atoms with Crippen LogP contribution in [0.1, 0.15) is 11.3 Å². The molecule has 0 saturated carbocycles. The van der Waals surface area contributed by atoms with Gasteiger partial charge in [-0.05, 0) is 37.3 Å². The largest absolute Gasteiger partial charge is 0.320 e. The van der Waals surface area contributed by atoms with Crippen LogP contribution in [0.3, 0.4) is 0 Å². The van der Waals surface area contributed by atoms with Gasteiger partial charge in [0.05, 0.1) is 17.1 Å². The Balaban J connectivity index is 2.31. The molecular formula is C15H15N3O2S. The molecule has 1 heterocycles. The fourth-order valence-corrected chi connectivity index (χ4v) is 2.81. The third-order valence-electron chi connectivity index (χ3n) is 2.63. The van der Waals surface area contributed by atoms with Gasteiger partial charge in [-0.1, -0.05) is 17.9 Å². The van der Waals surface area contributed by atoms with E-state index in [4.69, 9.17) is 5.73 Å². The van der Waals surface area contributed by atoms with Crippen LogP contribution in [-0.4, -0.2) is 19.9 Å². The highest BCUT2D eigenvalue weighted by Crippen LogP contribution is 2.17. The molecule has 108 valence electrons. The Hall–Kier alpha value is -2.36. The highest BCUT2D eigenvalue weighted by atomic mass is 32.2. The maximum Gasteiger partial charge on any atom is 0.261 e. The topological polar surface area (TPSA) is 85.1 Å². The maximum absolute atomic E-state index is 12.3. The lowest BCUT2D eigenvalue weighted by Crippen LogP contribution is -2.13. The lowest BCUT2D eigenvalue weighted by atomic mass is 10.2. The maximum atomic E-state index is 12.3. The molecule has 0 aliphatic carbocycles. The first-order chi connectivity index (χ1) is 10.0. The van der Waals surface area contributed by atoms with E-state index in [0.717, 1.165) is 5.69 Å². The summed E-state index contributed by atoms with van der Waals surface area (Å²) < 4.78 is 27.2. The number of nitrogens with zero attached hydrogens (tertiary/aromatic N) is 1. The monoisotopic (exact) mass is 301 g/mol. The fraction of sp³-hybridized carbons (Fsp3) is 0.133. The normalized spacial score (nSPS) is 10.6. The van der Waals surface area contributed by atoms with Crippen LogP contribution in [0.25, 0.3) is 0 Å². The molecule has 1 aromatic heterocycles. The molecule has 0 atom stereocenters. The summed E-state index contributed by atoms with van der Waals surface area (Å²) in [4.78, 5) is 4.18. The zero-order valence-electron chi connectivity index (χ0n) is 11.5. The molecule has 0 spiro atoms. The molecule has 0 bridgehead atoms. The molecule has 3 N–H and O–H groups in total. The number of sulfonamides is 1. The van der Waals surface area contributed by atoms with Gasteiger partial charge in [-0.2, -0.15) is 0 Å². The summed E-state index contributed by atoms with van der Waals surface area (Å²) in [5.74, 6) is 5.51. The highest BCUT2D eigenvalue weighted by molar-refractivity contribution is 7.92. The lowest BCUT2D eigenvalue weighted by Gasteiger charge is -2.08. The summed E-state index contributed by atoms with van der Waals surface area (Å²) >= 11 is 0. The number of anilines is 1. The summed E-state index contributed by atoms with van der Waals surface area (Å²) in [6, 6.07) is 9.67. The van der Waals surface area contributed by atoms with Crippen LogP contribution in [0.15, 0.2) is 47.5 Å². The Morgan fingerprint density at radius 1 is 1.29 bits per heavy atom. The van der Waals surface area contributed by atoms with Crippen molar-refractivity contribution in [2.75, 3.05) is 11.3 Å². The summed E-state index contributed by atoms with van der Waals surface area (Å²) in [6.45, 7) is 2.02. The van der Waals surface area contributed by atoms with Crippen LogP contribution >= 0.6 is 0 Å². The van der Waals surface area contributed by atoms with Crippen LogP contribution in [0.4, 0.5) is 5.69 Å².